The van der Waals surface area contributed by atoms with Gasteiger partial charge in [0.1, 0.15) is 5.69 Å². The number of nitrogens with zero attached hydrogens (tertiary/aromatic N) is 3. The van der Waals surface area contributed by atoms with Crippen LogP contribution in [0.1, 0.15) is 12.8 Å². The van der Waals surface area contributed by atoms with Gasteiger partial charge in [0, 0.05) is 23.6 Å². The third-order valence-electron chi connectivity index (χ3n) is 7.74. The average Bonchev–Trinajstić information content (AvgIpc) is 3.12. The van der Waals surface area contributed by atoms with E-state index in [1.54, 1.807) is 0 Å². The molecule has 1 aromatic carbocycles. The monoisotopic (exact) mass is 340 g/mol. The first kappa shape index (κ1) is 13.7. The average molecular weight is 340 g/mol. The van der Waals surface area contributed by atoms with E-state index in [2.05, 4.69) is 10.5 Å². The van der Waals surface area contributed by atoms with Gasteiger partial charge < -0.3 is 0 Å². The fourth-order valence-corrected chi connectivity index (χ4v) is 7.29. The highest BCUT2D eigenvalue weighted by molar-refractivity contribution is 5.96. The van der Waals surface area contributed by atoms with Crippen molar-refractivity contribution >= 4 is 22.8 Å². The lowest BCUT2D eigenvalue weighted by Gasteiger charge is -2.44. The van der Waals surface area contributed by atoms with Gasteiger partial charge in [-0.05, 0) is 54.4 Å². The van der Waals surface area contributed by atoms with Gasteiger partial charge in [0.25, 0.3) is 5.69 Å². The Labute approximate surface area is 142 Å². The van der Waals surface area contributed by atoms with E-state index in [0.29, 0.717) is 11.8 Å². The van der Waals surface area contributed by atoms with Crippen LogP contribution in [-0.4, -0.2) is 15.6 Å². The number of hydrogen-bond donors (Lipinski definition) is 1. The second-order valence-corrected chi connectivity index (χ2v) is 8.20. The van der Waals surface area contributed by atoms with Crippen LogP contribution in [0.3, 0.4) is 0 Å². The van der Waals surface area contributed by atoms with Crippen molar-refractivity contribution in [3.63, 3.8) is 0 Å². The zero-order chi connectivity index (χ0) is 17.0. The van der Waals surface area contributed by atoms with Crippen molar-refractivity contribution in [2.24, 2.45) is 52.4 Å². The molecule has 6 rings (SSSR count). The van der Waals surface area contributed by atoms with Crippen molar-refractivity contribution in [2.45, 2.75) is 12.8 Å². The summed E-state index contributed by atoms with van der Waals surface area (Å²) in [6.45, 7) is 0. The minimum Gasteiger partial charge on any atom is -0.272 e. The summed E-state index contributed by atoms with van der Waals surface area (Å²) in [7, 11) is 0. The van der Waals surface area contributed by atoms with Gasteiger partial charge in [-0.3, -0.25) is 25.7 Å². The quantitative estimate of drug-likeness (QED) is 0.669. The molecule has 0 radical (unpaired) electrons. The van der Waals surface area contributed by atoms with E-state index in [0.717, 1.165) is 41.6 Å². The normalized spacial score (nSPS) is 45.2. The summed E-state index contributed by atoms with van der Waals surface area (Å²) in [5.41, 5.74) is 3.73. The summed E-state index contributed by atoms with van der Waals surface area (Å²) in [5.74, 6) is 6.15. The summed E-state index contributed by atoms with van der Waals surface area (Å²) in [6.07, 6.45) is 2.71. The van der Waals surface area contributed by atoms with Gasteiger partial charge in [-0.15, -0.1) is 0 Å². The van der Waals surface area contributed by atoms with Gasteiger partial charge in [-0.25, -0.2) is 0 Å². The first-order valence-corrected chi connectivity index (χ1v) is 8.82. The molecule has 25 heavy (non-hydrogen) atoms. The Balaban J connectivity index is 1.34. The van der Waals surface area contributed by atoms with Crippen LogP contribution in [0.15, 0.2) is 23.3 Å². The van der Waals surface area contributed by atoms with E-state index in [1.807, 2.05) is 0 Å². The molecule has 5 saturated carbocycles. The van der Waals surface area contributed by atoms with Crippen LogP contribution >= 0.6 is 0 Å². The SMILES string of the molecule is O=[N+]([O-])c1ccc(N/N=C2/[C@@H]3[C@@H]4C[C@@H]5[C@@H]2[C@H]2[C@H]3C[C@H]4[C@@H]52)c([N+](=O)[O-])c1. The van der Waals surface area contributed by atoms with Crippen LogP contribution in [0.2, 0.25) is 0 Å². The fraction of sp³-hybridized carbons (Fsp3) is 0.588. The largest absolute Gasteiger partial charge is 0.301 e. The number of non-ortho nitro benzene ring substituents is 1. The highest BCUT2D eigenvalue weighted by Crippen LogP contribution is 2.81. The summed E-state index contributed by atoms with van der Waals surface area (Å²) in [4.78, 5) is 20.9. The Kier molecular flexibility index (Phi) is 2.29. The molecule has 8 nitrogen and oxygen atoms in total. The molecule has 0 spiro atoms. The number of nitro benzene ring substituents is 2. The van der Waals surface area contributed by atoms with Gasteiger partial charge in [0.15, 0.2) is 0 Å². The third-order valence-corrected chi connectivity index (χ3v) is 7.74. The van der Waals surface area contributed by atoms with Crippen LogP contribution < -0.4 is 5.43 Å². The maximum Gasteiger partial charge on any atom is 0.301 e. The van der Waals surface area contributed by atoms with Crippen molar-refractivity contribution in [3.8, 4) is 0 Å². The Bertz CT molecular complexity index is 877. The smallest absolute Gasteiger partial charge is 0.272 e. The Morgan fingerprint density at radius 2 is 1.72 bits per heavy atom. The van der Waals surface area contributed by atoms with Gasteiger partial charge >= 0.3 is 5.69 Å². The van der Waals surface area contributed by atoms with Crippen molar-refractivity contribution < 1.29 is 9.85 Å². The molecule has 1 aromatic rings. The van der Waals surface area contributed by atoms with Gasteiger partial charge in [0.2, 0.25) is 0 Å². The summed E-state index contributed by atoms with van der Waals surface area (Å²) in [5, 5.41) is 26.7. The second kappa shape index (κ2) is 4.17. The molecule has 2 bridgehead atoms. The van der Waals surface area contributed by atoms with E-state index in [9.17, 15) is 20.2 Å². The highest BCUT2D eigenvalue weighted by Gasteiger charge is 2.79. The molecule has 0 amide bonds. The van der Waals surface area contributed by atoms with Gasteiger partial charge in [-0.1, -0.05) is 0 Å². The topological polar surface area (TPSA) is 111 Å². The molecule has 0 heterocycles. The van der Waals surface area contributed by atoms with E-state index in [-0.39, 0.29) is 17.1 Å². The summed E-state index contributed by atoms with van der Waals surface area (Å²) in [6, 6.07) is 3.64. The molecule has 0 aliphatic heterocycles. The number of hydrazone groups is 1. The van der Waals surface area contributed by atoms with E-state index < -0.39 is 9.85 Å². The molecule has 8 atom stereocenters. The van der Waals surface area contributed by atoms with Crippen molar-refractivity contribution in [1.82, 2.24) is 0 Å². The first-order chi connectivity index (χ1) is 12.1. The second-order valence-electron chi connectivity index (χ2n) is 8.20. The number of nitrogens with one attached hydrogen (secondary N) is 1. The molecule has 5 aliphatic carbocycles. The van der Waals surface area contributed by atoms with Crippen molar-refractivity contribution in [2.75, 3.05) is 5.43 Å². The van der Waals surface area contributed by atoms with Crippen molar-refractivity contribution in [3.05, 3.63) is 38.4 Å². The molecular weight excluding hydrogens is 324 g/mol. The van der Waals surface area contributed by atoms with E-state index >= 15 is 0 Å². The molecule has 0 saturated heterocycles. The Morgan fingerprint density at radius 1 is 0.960 bits per heavy atom. The molecule has 8 heteroatoms. The molecule has 5 fully saturated rings. The number of fused-ring (bicyclic) bond motifs is 2. The lowest BCUT2D eigenvalue weighted by molar-refractivity contribution is -0.393. The fourth-order valence-electron chi connectivity index (χ4n) is 7.29. The molecule has 5 aliphatic rings. The first-order valence-electron chi connectivity index (χ1n) is 8.82. The summed E-state index contributed by atoms with van der Waals surface area (Å²) < 4.78 is 0. The summed E-state index contributed by atoms with van der Waals surface area (Å²) >= 11 is 0. The molecule has 0 aromatic heterocycles. The minimum atomic E-state index is -0.627. The zero-order valence-electron chi connectivity index (χ0n) is 13.2. The lowest BCUT2D eigenvalue weighted by atomic mass is 9.59. The predicted octanol–water partition coefficient (Wildman–Crippen LogP) is 3.05. The standard InChI is InChI=1S/C17H16N4O4/c22-20(23)6-1-2-11(12(3-6)21(24)25)18-19-17-14-8-5-9-13-7(8)4-10(14)15(13)16(9)17/h1-3,7-10,13-16,18H,4-5H2/b19-17-/t7-,8-,9+,10+,13+,14-,15+,16-/m1/s1. The Morgan fingerprint density at radius 3 is 2.48 bits per heavy atom. The molecule has 1 N–H and O–H groups in total. The maximum absolute atomic E-state index is 11.3. The van der Waals surface area contributed by atoms with Crippen LogP contribution in [-0.2, 0) is 0 Å². The number of benzene rings is 1. The Hall–Kier alpha value is -2.51. The highest BCUT2D eigenvalue weighted by atomic mass is 16.6. The number of rotatable bonds is 4. The van der Waals surface area contributed by atoms with Crippen LogP contribution in [0.4, 0.5) is 17.1 Å². The van der Waals surface area contributed by atoms with Gasteiger partial charge in [-0.2, -0.15) is 5.10 Å². The predicted molar refractivity (Wildman–Crippen MR) is 88.0 cm³/mol. The van der Waals surface area contributed by atoms with E-state index in [4.69, 9.17) is 0 Å². The molecule has 128 valence electrons. The van der Waals surface area contributed by atoms with E-state index in [1.165, 1.54) is 30.7 Å². The van der Waals surface area contributed by atoms with Crippen LogP contribution in [0, 0.1) is 67.6 Å². The lowest BCUT2D eigenvalue weighted by Crippen LogP contribution is -2.44. The van der Waals surface area contributed by atoms with Crippen LogP contribution in [0.25, 0.3) is 0 Å². The number of hydrogen-bond acceptors (Lipinski definition) is 6. The molecular formula is C17H16N4O4. The van der Waals surface area contributed by atoms with Crippen molar-refractivity contribution in [1.29, 1.82) is 0 Å². The maximum atomic E-state index is 11.3. The van der Waals surface area contributed by atoms with Gasteiger partial charge in [0.05, 0.1) is 15.9 Å². The molecule has 0 unspecified atom stereocenters. The zero-order valence-corrected chi connectivity index (χ0v) is 13.2. The number of anilines is 1. The van der Waals surface area contributed by atoms with Crippen LogP contribution in [0.5, 0.6) is 0 Å². The third kappa shape index (κ3) is 1.43. The minimum absolute atomic E-state index is 0.224. The number of nitro groups is 2.